The second kappa shape index (κ2) is 5.83. The largest absolute Gasteiger partial charge is 0.302 e. The van der Waals surface area contributed by atoms with Crippen molar-refractivity contribution in [2.24, 2.45) is 5.92 Å². The van der Waals surface area contributed by atoms with Crippen LogP contribution in [0.3, 0.4) is 0 Å². The smallest absolute Gasteiger partial charge is 0.243 e. The van der Waals surface area contributed by atoms with Crippen LogP contribution in [0, 0.1) is 5.92 Å². The van der Waals surface area contributed by atoms with E-state index in [1.54, 1.807) is 10.9 Å². The molecule has 0 amide bonds. The fourth-order valence-corrected chi connectivity index (χ4v) is 3.76. The van der Waals surface area contributed by atoms with Crippen molar-refractivity contribution in [2.75, 3.05) is 19.6 Å². The molecule has 2 heterocycles. The van der Waals surface area contributed by atoms with Gasteiger partial charge in [-0.2, -0.15) is 5.10 Å². The molecule has 0 saturated carbocycles. The van der Waals surface area contributed by atoms with Crippen LogP contribution in [-0.4, -0.2) is 48.8 Å². The van der Waals surface area contributed by atoms with Gasteiger partial charge < -0.3 is 4.90 Å². The summed E-state index contributed by atoms with van der Waals surface area (Å²) in [6.45, 7) is 10.8. The Balaban J connectivity index is 2.11. The van der Waals surface area contributed by atoms with E-state index in [9.17, 15) is 8.42 Å². The summed E-state index contributed by atoms with van der Waals surface area (Å²) in [4.78, 5) is 2.50. The van der Waals surface area contributed by atoms with Crippen molar-refractivity contribution in [3.05, 3.63) is 12.4 Å². The Morgan fingerprint density at radius 2 is 2.15 bits per heavy atom. The van der Waals surface area contributed by atoms with E-state index in [0.29, 0.717) is 5.92 Å². The van der Waals surface area contributed by atoms with Gasteiger partial charge in [-0.15, -0.1) is 0 Å². The van der Waals surface area contributed by atoms with Gasteiger partial charge in [0.2, 0.25) is 10.0 Å². The molecule has 7 heteroatoms. The Hall–Kier alpha value is -0.920. The molecule has 1 aromatic rings. The van der Waals surface area contributed by atoms with E-state index >= 15 is 0 Å². The molecule has 1 fully saturated rings. The zero-order valence-electron chi connectivity index (χ0n) is 12.6. The topological polar surface area (TPSA) is 67.2 Å². The van der Waals surface area contributed by atoms with E-state index in [0.717, 1.165) is 19.6 Å². The molecule has 1 N–H and O–H groups in total. The number of nitrogens with zero attached hydrogens (tertiary/aromatic N) is 3. The summed E-state index contributed by atoms with van der Waals surface area (Å²) in [7, 11) is -3.48. The maximum absolute atomic E-state index is 12.4. The van der Waals surface area contributed by atoms with Crippen molar-refractivity contribution < 1.29 is 8.42 Å². The van der Waals surface area contributed by atoms with Crippen LogP contribution in [-0.2, 0) is 10.0 Å². The maximum Gasteiger partial charge on any atom is 0.243 e. The summed E-state index contributed by atoms with van der Waals surface area (Å²) in [5.41, 5.74) is 0. The fourth-order valence-electron chi connectivity index (χ4n) is 2.49. The van der Waals surface area contributed by atoms with Gasteiger partial charge in [0, 0.05) is 31.4 Å². The van der Waals surface area contributed by atoms with E-state index in [2.05, 4.69) is 28.6 Å². The Morgan fingerprint density at radius 1 is 1.45 bits per heavy atom. The van der Waals surface area contributed by atoms with Crippen LogP contribution in [0.5, 0.6) is 0 Å². The number of nitrogens with one attached hydrogen (secondary N) is 1. The second-order valence-corrected chi connectivity index (χ2v) is 7.52. The lowest BCUT2D eigenvalue weighted by Crippen LogP contribution is -2.39. The first-order chi connectivity index (χ1) is 9.33. The van der Waals surface area contributed by atoms with E-state index < -0.39 is 10.0 Å². The third-order valence-corrected chi connectivity index (χ3v) is 5.30. The quantitative estimate of drug-likeness (QED) is 0.883. The van der Waals surface area contributed by atoms with Crippen LogP contribution in [0.25, 0.3) is 0 Å². The van der Waals surface area contributed by atoms with Crippen LogP contribution >= 0.6 is 0 Å². The molecule has 0 spiro atoms. The molecule has 2 atom stereocenters. The van der Waals surface area contributed by atoms with Gasteiger partial charge in [-0.1, -0.05) is 13.8 Å². The summed E-state index contributed by atoms with van der Waals surface area (Å²) in [6, 6.07) is 0.127. The molecule has 2 rings (SSSR count). The molecular formula is C13H24N4O2S. The van der Waals surface area contributed by atoms with Gasteiger partial charge in [-0.25, -0.2) is 13.1 Å². The first-order valence-electron chi connectivity index (χ1n) is 7.12. The highest BCUT2D eigenvalue weighted by Crippen LogP contribution is 2.19. The molecule has 1 aliphatic heterocycles. The number of rotatable bonds is 5. The highest BCUT2D eigenvalue weighted by Gasteiger charge is 2.32. The second-order valence-electron chi connectivity index (χ2n) is 5.81. The number of sulfonamides is 1. The van der Waals surface area contributed by atoms with Crippen molar-refractivity contribution in [1.29, 1.82) is 0 Å². The number of hydrogen-bond donors (Lipinski definition) is 1. The van der Waals surface area contributed by atoms with Gasteiger partial charge in [0.15, 0.2) is 0 Å². The molecule has 1 aliphatic rings. The standard InChI is InChI=1S/C13H24N4O2S/c1-5-16-7-11(4)13(9-16)15-20(18,19)12-6-14-17(8-12)10(2)3/h6,8,10-11,13,15H,5,7,9H2,1-4H3/t11-,13-/m0/s1. The Bertz CT molecular complexity index is 552. The molecule has 0 radical (unpaired) electrons. The van der Waals surface area contributed by atoms with Crippen molar-refractivity contribution >= 4 is 10.0 Å². The Labute approximate surface area is 121 Å². The molecule has 0 aromatic carbocycles. The van der Waals surface area contributed by atoms with Gasteiger partial charge in [0.25, 0.3) is 0 Å². The molecular weight excluding hydrogens is 276 g/mol. The van der Waals surface area contributed by atoms with Crippen LogP contribution in [0.4, 0.5) is 0 Å². The van der Waals surface area contributed by atoms with Crippen LogP contribution in [0.15, 0.2) is 17.3 Å². The lowest BCUT2D eigenvalue weighted by atomic mass is 10.1. The minimum absolute atomic E-state index is 0.0256. The molecule has 20 heavy (non-hydrogen) atoms. The van der Waals surface area contributed by atoms with E-state index in [4.69, 9.17) is 0 Å². The molecule has 6 nitrogen and oxygen atoms in total. The number of hydrogen-bond acceptors (Lipinski definition) is 4. The zero-order valence-corrected chi connectivity index (χ0v) is 13.4. The fraction of sp³-hybridized carbons (Fsp3) is 0.769. The Morgan fingerprint density at radius 3 is 2.65 bits per heavy atom. The monoisotopic (exact) mass is 300 g/mol. The first-order valence-corrected chi connectivity index (χ1v) is 8.60. The molecule has 0 unspecified atom stereocenters. The predicted octanol–water partition coefficient (Wildman–Crippen LogP) is 1.08. The highest BCUT2D eigenvalue weighted by molar-refractivity contribution is 7.89. The molecule has 1 saturated heterocycles. The van der Waals surface area contributed by atoms with Crippen LogP contribution < -0.4 is 4.72 Å². The summed E-state index contributed by atoms with van der Waals surface area (Å²) in [6.07, 6.45) is 3.00. The minimum atomic E-state index is -3.48. The lowest BCUT2D eigenvalue weighted by Gasteiger charge is -2.16. The normalized spacial score (nSPS) is 24.6. The van der Waals surface area contributed by atoms with Crippen molar-refractivity contribution in [3.8, 4) is 0 Å². The molecule has 0 bridgehead atoms. The van der Waals surface area contributed by atoms with Crippen LogP contribution in [0.2, 0.25) is 0 Å². The van der Waals surface area contributed by atoms with Gasteiger partial charge in [-0.05, 0) is 26.3 Å². The number of aromatic nitrogens is 2. The van der Waals surface area contributed by atoms with Crippen LogP contribution in [0.1, 0.15) is 33.7 Å². The van der Waals surface area contributed by atoms with Gasteiger partial charge >= 0.3 is 0 Å². The summed E-state index contributed by atoms with van der Waals surface area (Å²) in [5.74, 6) is 0.324. The Kier molecular flexibility index (Phi) is 4.51. The third kappa shape index (κ3) is 3.21. The van der Waals surface area contributed by atoms with E-state index in [1.807, 2.05) is 13.8 Å². The number of likely N-dealkylation sites (N-methyl/N-ethyl adjacent to an activating group) is 1. The van der Waals surface area contributed by atoms with Crippen molar-refractivity contribution in [3.63, 3.8) is 0 Å². The zero-order chi connectivity index (χ0) is 14.9. The molecule has 114 valence electrons. The maximum atomic E-state index is 12.4. The van der Waals surface area contributed by atoms with Crippen molar-refractivity contribution in [2.45, 2.75) is 44.7 Å². The van der Waals surface area contributed by atoms with Gasteiger partial charge in [-0.3, -0.25) is 4.68 Å². The average Bonchev–Trinajstić information content (AvgIpc) is 2.97. The van der Waals surface area contributed by atoms with Crippen molar-refractivity contribution in [1.82, 2.24) is 19.4 Å². The SMILES string of the molecule is CCN1C[C@H](NS(=O)(=O)c2cnn(C(C)C)c2)[C@@H](C)C1. The molecule has 1 aromatic heterocycles. The average molecular weight is 300 g/mol. The predicted molar refractivity (Wildman–Crippen MR) is 78.0 cm³/mol. The highest BCUT2D eigenvalue weighted by atomic mass is 32.2. The van der Waals surface area contributed by atoms with Gasteiger partial charge in [0.05, 0.1) is 6.20 Å². The first kappa shape index (κ1) is 15.5. The summed E-state index contributed by atoms with van der Waals surface area (Å²) >= 11 is 0. The number of likely N-dealkylation sites (tertiary alicyclic amines) is 1. The van der Waals surface area contributed by atoms with E-state index in [1.165, 1.54) is 6.20 Å². The summed E-state index contributed by atoms with van der Waals surface area (Å²) < 4.78 is 29.2. The van der Waals surface area contributed by atoms with E-state index in [-0.39, 0.29) is 17.0 Å². The van der Waals surface area contributed by atoms with Gasteiger partial charge in [0.1, 0.15) is 4.90 Å². The molecule has 0 aliphatic carbocycles. The lowest BCUT2D eigenvalue weighted by molar-refractivity contribution is 0.344. The third-order valence-electron chi connectivity index (χ3n) is 3.86. The minimum Gasteiger partial charge on any atom is -0.302 e. The summed E-state index contributed by atoms with van der Waals surface area (Å²) in [5, 5.41) is 4.09.